The fourth-order valence-corrected chi connectivity index (χ4v) is 5.36. The van der Waals surface area contributed by atoms with Gasteiger partial charge in [0.25, 0.3) is 0 Å². The Morgan fingerprint density at radius 3 is 2.52 bits per heavy atom. The predicted octanol–water partition coefficient (Wildman–Crippen LogP) is 3.69. The first-order valence-electron chi connectivity index (χ1n) is 11.0. The van der Waals surface area contributed by atoms with Crippen LogP contribution in [0.5, 0.6) is 0 Å². The number of aromatic nitrogens is 2. The molecular weight excluding hydrogens is 417 g/mol. The molecule has 2 unspecified atom stereocenters. The van der Waals surface area contributed by atoms with Crippen molar-refractivity contribution in [2.75, 3.05) is 32.0 Å². The fraction of sp³-hybridized carbons (Fsp3) is 0.565. The molecule has 2 aliphatic rings. The van der Waals surface area contributed by atoms with E-state index in [1.807, 2.05) is 14.0 Å². The highest BCUT2D eigenvalue weighted by atomic mass is 35.5. The maximum absolute atomic E-state index is 13.1. The van der Waals surface area contributed by atoms with Crippen molar-refractivity contribution in [3.63, 3.8) is 0 Å². The summed E-state index contributed by atoms with van der Waals surface area (Å²) >= 11 is 6.41. The number of halogens is 2. The number of hydrogen-bond acceptors (Lipinski definition) is 4. The molecule has 0 aliphatic carbocycles. The van der Waals surface area contributed by atoms with E-state index in [0.717, 1.165) is 61.9 Å². The number of carbonyl (C=O) groups is 1. The van der Waals surface area contributed by atoms with E-state index < -0.39 is 0 Å². The molecule has 0 saturated carbocycles. The Morgan fingerprint density at radius 2 is 1.90 bits per heavy atom. The number of piperidine rings is 1. The standard InChI is InChI=1S/C23H31ClFN5O/c1-15-20(22(24)29(3)27-15)14-30-10-8-16(9-11-30)21-12-17(13-28(21)2)23(31)26-19-6-4-18(25)5-7-19/h4-7,16-17,21H,8-14H2,1-3H3,(H,26,31). The maximum Gasteiger partial charge on any atom is 0.228 e. The molecule has 4 rings (SSSR count). The number of rotatable bonds is 5. The van der Waals surface area contributed by atoms with E-state index in [9.17, 15) is 9.18 Å². The van der Waals surface area contributed by atoms with Gasteiger partial charge in [-0.15, -0.1) is 0 Å². The van der Waals surface area contributed by atoms with Crippen LogP contribution in [-0.4, -0.2) is 58.2 Å². The second-order valence-electron chi connectivity index (χ2n) is 9.03. The molecule has 168 valence electrons. The van der Waals surface area contributed by atoms with E-state index in [-0.39, 0.29) is 17.6 Å². The Kier molecular flexibility index (Phi) is 6.65. The highest BCUT2D eigenvalue weighted by Gasteiger charge is 2.39. The van der Waals surface area contributed by atoms with Crippen molar-refractivity contribution in [3.8, 4) is 0 Å². The summed E-state index contributed by atoms with van der Waals surface area (Å²) < 4.78 is 14.8. The Hall–Kier alpha value is -1.96. The Bertz CT molecular complexity index is 923. The maximum atomic E-state index is 13.1. The van der Waals surface area contributed by atoms with Crippen molar-refractivity contribution in [2.24, 2.45) is 18.9 Å². The second-order valence-corrected chi connectivity index (χ2v) is 9.39. The highest BCUT2D eigenvalue weighted by molar-refractivity contribution is 6.30. The first-order valence-corrected chi connectivity index (χ1v) is 11.4. The molecule has 0 radical (unpaired) electrons. The molecule has 2 aromatic rings. The molecule has 8 heteroatoms. The van der Waals surface area contributed by atoms with Gasteiger partial charge in [0.2, 0.25) is 5.91 Å². The smallest absolute Gasteiger partial charge is 0.228 e. The number of nitrogens with zero attached hydrogens (tertiary/aromatic N) is 4. The number of likely N-dealkylation sites (tertiary alicyclic amines) is 2. The van der Waals surface area contributed by atoms with Crippen LogP contribution in [-0.2, 0) is 18.4 Å². The van der Waals surface area contributed by atoms with Gasteiger partial charge in [-0.05, 0) is 76.5 Å². The van der Waals surface area contributed by atoms with Gasteiger partial charge < -0.3 is 10.2 Å². The number of benzene rings is 1. The number of nitrogens with one attached hydrogen (secondary N) is 1. The molecule has 3 heterocycles. The summed E-state index contributed by atoms with van der Waals surface area (Å²) in [5.74, 6) is 0.288. The van der Waals surface area contributed by atoms with Crippen molar-refractivity contribution >= 4 is 23.2 Å². The molecule has 6 nitrogen and oxygen atoms in total. The van der Waals surface area contributed by atoms with Crippen molar-refractivity contribution in [1.29, 1.82) is 0 Å². The Labute approximate surface area is 188 Å². The number of anilines is 1. The van der Waals surface area contributed by atoms with Gasteiger partial charge in [-0.1, -0.05) is 11.6 Å². The molecular formula is C23H31ClFN5O. The average Bonchev–Trinajstić information content (AvgIpc) is 3.25. The van der Waals surface area contributed by atoms with Crippen LogP contribution in [0.1, 0.15) is 30.5 Å². The Balaban J connectivity index is 1.29. The van der Waals surface area contributed by atoms with Gasteiger partial charge in [0, 0.05) is 37.4 Å². The molecule has 1 aromatic heterocycles. The molecule has 0 spiro atoms. The number of aryl methyl sites for hydroxylation is 2. The summed E-state index contributed by atoms with van der Waals surface area (Å²) in [6.45, 7) is 5.69. The van der Waals surface area contributed by atoms with Crippen molar-refractivity contribution in [2.45, 2.75) is 38.8 Å². The Morgan fingerprint density at radius 1 is 1.23 bits per heavy atom. The third-order valence-corrected chi connectivity index (χ3v) is 7.38. The largest absolute Gasteiger partial charge is 0.326 e. The predicted molar refractivity (Wildman–Crippen MR) is 121 cm³/mol. The zero-order valence-electron chi connectivity index (χ0n) is 18.4. The van der Waals surface area contributed by atoms with Crippen LogP contribution in [0.2, 0.25) is 5.15 Å². The summed E-state index contributed by atoms with van der Waals surface area (Å²) in [4.78, 5) is 17.5. The lowest BCUT2D eigenvalue weighted by Crippen LogP contribution is -2.41. The van der Waals surface area contributed by atoms with Gasteiger partial charge in [0.15, 0.2) is 0 Å². The van der Waals surface area contributed by atoms with Crippen LogP contribution in [0.15, 0.2) is 24.3 Å². The summed E-state index contributed by atoms with van der Waals surface area (Å²) in [6.07, 6.45) is 3.12. The number of amides is 1. The lowest BCUT2D eigenvalue weighted by molar-refractivity contribution is -0.119. The zero-order valence-corrected chi connectivity index (χ0v) is 19.2. The van der Waals surface area contributed by atoms with Gasteiger partial charge >= 0.3 is 0 Å². The van der Waals surface area contributed by atoms with Crippen molar-refractivity contribution in [3.05, 3.63) is 46.5 Å². The summed E-state index contributed by atoms with van der Waals surface area (Å²) in [5.41, 5.74) is 2.77. The normalized spacial score (nSPS) is 23.4. The monoisotopic (exact) mass is 447 g/mol. The summed E-state index contributed by atoms with van der Waals surface area (Å²) in [5, 5.41) is 8.09. The van der Waals surface area contributed by atoms with E-state index in [1.54, 1.807) is 16.8 Å². The average molecular weight is 448 g/mol. The van der Waals surface area contributed by atoms with Gasteiger partial charge in [0.05, 0.1) is 11.6 Å². The van der Waals surface area contributed by atoms with Gasteiger partial charge in [-0.3, -0.25) is 14.4 Å². The van der Waals surface area contributed by atoms with Gasteiger partial charge in [0.1, 0.15) is 11.0 Å². The third-order valence-electron chi connectivity index (χ3n) is 6.91. The molecule has 2 aliphatic heterocycles. The molecule has 2 saturated heterocycles. The molecule has 1 amide bonds. The molecule has 1 N–H and O–H groups in total. The highest BCUT2D eigenvalue weighted by Crippen LogP contribution is 2.34. The van der Waals surface area contributed by atoms with Gasteiger partial charge in [-0.2, -0.15) is 5.10 Å². The lowest BCUT2D eigenvalue weighted by atomic mass is 9.86. The van der Waals surface area contributed by atoms with Gasteiger partial charge in [-0.25, -0.2) is 4.39 Å². The van der Waals surface area contributed by atoms with E-state index in [0.29, 0.717) is 17.6 Å². The van der Waals surface area contributed by atoms with Crippen LogP contribution < -0.4 is 5.32 Å². The van der Waals surface area contributed by atoms with E-state index in [2.05, 4.69) is 27.3 Å². The van der Waals surface area contributed by atoms with Crippen LogP contribution in [0, 0.1) is 24.6 Å². The van der Waals surface area contributed by atoms with E-state index >= 15 is 0 Å². The SMILES string of the molecule is Cc1nn(C)c(Cl)c1CN1CCC(C2CC(C(=O)Nc3ccc(F)cc3)CN2C)CC1. The minimum Gasteiger partial charge on any atom is -0.326 e. The molecule has 2 fully saturated rings. The summed E-state index contributed by atoms with van der Waals surface area (Å²) in [6, 6.07) is 6.38. The van der Waals surface area contributed by atoms with E-state index in [4.69, 9.17) is 11.6 Å². The minimum atomic E-state index is -0.300. The quantitative estimate of drug-likeness (QED) is 0.759. The number of hydrogen-bond donors (Lipinski definition) is 1. The lowest BCUT2D eigenvalue weighted by Gasteiger charge is -2.37. The minimum absolute atomic E-state index is 0.0279. The van der Waals surface area contributed by atoms with Crippen LogP contribution in [0.3, 0.4) is 0 Å². The van der Waals surface area contributed by atoms with E-state index in [1.165, 1.54) is 12.1 Å². The zero-order chi connectivity index (χ0) is 22.1. The first-order chi connectivity index (χ1) is 14.8. The molecule has 1 aromatic carbocycles. The third kappa shape index (κ3) is 4.94. The van der Waals surface area contributed by atoms with Crippen molar-refractivity contribution in [1.82, 2.24) is 19.6 Å². The second kappa shape index (κ2) is 9.27. The topological polar surface area (TPSA) is 53.4 Å². The van der Waals surface area contributed by atoms with Crippen LogP contribution in [0.4, 0.5) is 10.1 Å². The summed E-state index contributed by atoms with van der Waals surface area (Å²) in [7, 11) is 4.00. The molecule has 2 atom stereocenters. The number of carbonyl (C=O) groups excluding carboxylic acids is 1. The van der Waals surface area contributed by atoms with Crippen LogP contribution in [0.25, 0.3) is 0 Å². The van der Waals surface area contributed by atoms with Crippen LogP contribution >= 0.6 is 11.6 Å². The molecule has 31 heavy (non-hydrogen) atoms. The fourth-order valence-electron chi connectivity index (χ4n) is 5.12. The van der Waals surface area contributed by atoms with Crippen molar-refractivity contribution < 1.29 is 9.18 Å². The first kappa shape index (κ1) is 22.2. The molecule has 0 bridgehead atoms.